The van der Waals surface area contributed by atoms with Crippen LogP contribution in [0.25, 0.3) is 54.2 Å². The van der Waals surface area contributed by atoms with E-state index in [-0.39, 0.29) is 0 Å². The first-order chi connectivity index (χ1) is 13.3. The maximum absolute atomic E-state index is 6.49. The summed E-state index contributed by atoms with van der Waals surface area (Å²) in [5.74, 6) is 0. The molecule has 0 aliphatic heterocycles. The van der Waals surface area contributed by atoms with Crippen molar-refractivity contribution in [2.45, 2.75) is 0 Å². The number of fused-ring (bicyclic) bond motifs is 1. The lowest BCUT2D eigenvalue weighted by molar-refractivity contribution is 1.68. The fourth-order valence-electron chi connectivity index (χ4n) is 4.54. The van der Waals surface area contributed by atoms with E-state index < -0.39 is 0 Å². The molecule has 0 saturated carbocycles. The van der Waals surface area contributed by atoms with Gasteiger partial charge in [-0.05, 0) is 54.7 Å². The molecule has 0 heterocycles. The van der Waals surface area contributed by atoms with Crippen molar-refractivity contribution in [1.29, 1.82) is 0 Å². The van der Waals surface area contributed by atoms with Crippen molar-refractivity contribution in [2.24, 2.45) is 0 Å². The number of nitrogens with two attached hydrogens (primary N) is 1. The second kappa shape index (κ2) is 5.21. The van der Waals surface area contributed by atoms with Crippen molar-refractivity contribution in [2.75, 3.05) is 5.73 Å². The van der Waals surface area contributed by atoms with Crippen LogP contribution in [0.2, 0.25) is 0 Å². The predicted octanol–water partition coefficient (Wildman–Crippen LogP) is 6.99. The molecule has 0 unspecified atom stereocenters. The average Bonchev–Trinajstić information content (AvgIpc) is 2.72. The Bertz CT molecular complexity index is 1460. The van der Waals surface area contributed by atoms with Gasteiger partial charge in [0.15, 0.2) is 0 Å². The maximum Gasteiger partial charge on any atom is 0.0400 e. The van der Waals surface area contributed by atoms with Crippen LogP contribution in [0.5, 0.6) is 0 Å². The van der Waals surface area contributed by atoms with Gasteiger partial charge in [-0.25, -0.2) is 0 Å². The van der Waals surface area contributed by atoms with Crippen LogP contribution in [-0.2, 0) is 0 Å². The second-order valence-electron chi connectivity index (χ2n) is 7.22. The highest BCUT2D eigenvalue weighted by molar-refractivity contribution is 6.26. The number of hydrogen-bond donors (Lipinski definition) is 1. The summed E-state index contributed by atoms with van der Waals surface area (Å²) in [5.41, 5.74) is 9.65. The summed E-state index contributed by atoms with van der Waals surface area (Å²) < 4.78 is 0. The van der Waals surface area contributed by atoms with E-state index in [9.17, 15) is 0 Å². The molecule has 0 radical (unpaired) electrons. The Morgan fingerprint density at radius 2 is 1.07 bits per heavy atom. The Hall–Kier alpha value is -3.58. The van der Waals surface area contributed by atoms with Crippen molar-refractivity contribution >= 4 is 48.8 Å². The van der Waals surface area contributed by atoms with Crippen LogP contribution >= 0.6 is 0 Å². The lowest BCUT2D eigenvalue weighted by Crippen LogP contribution is -1.93. The Morgan fingerprint density at radius 1 is 0.444 bits per heavy atom. The molecule has 0 aromatic heterocycles. The van der Waals surface area contributed by atoms with Crippen LogP contribution in [0.1, 0.15) is 0 Å². The normalized spacial score (nSPS) is 11.9. The molecular formula is C26H17N. The van der Waals surface area contributed by atoms with Gasteiger partial charge in [-0.3, -0.25) is 0 Å². The summed E-state index contributed by atoms with van der Waals surface area (Å²) in [6.45, 7) is 0. The smallest absolute Gasteiger partial charge is 0.0400 e. The molecule has 0 bridgehead atoms. The SMILES string of the molecule is Nc1ccc2ccccc2c1-c1ccc2ccc3cccc4ccc1c2c34. The molecule has 1 nitrogen and oxygen atoms in total. The summed E-state index contributed by atoms with van der Waals surface area (Å²) in [6, 6.07) is 32.5. The first-order valence-corrected chi connectivity index (χ1v) is 9.25. The summed E-state index contributed by atoms with van der Waals surface area (Å²) in [6.07, 6.45) is 0. The average molecular weight is 343 g/mol. The number of nitrogen functional groups attached to an aromatic ring is 1. The molecule has 6 aromatic rings. The number of benzene rings is 6. The lowest BCUT2D eigenvalue weighted by atomic mass is 9.88. The molecule has 27 heavy (non-hydrogen) atoms. The quantitative estimate of drug-likeness (QED) is 0.253. The van der Waals surface area contributed by atoms with Gasteiger partial charge in [0, 0.05) is 11.3 Å². The molecule has 0 atom stereocenters. The van der Waals surface area contributed by atoms with E-state index in [4.69, 9.17) is 5.73 Å². The molecule has 0 aliphatic rings. The van der Waals surface area contributed by atoms with Gasteiger partial charge in [-0.1, -0.05) is 84.9 Å². The molecule has 0 fully saturated rings. The van der Waals surface area contributed by atoms with Gasteiger partial charge in [0.25, 0.3) is 0 Å². The minimum absolute atomic E-state index is 0.823. The molecular weight excluding hydrogens is 326 g/mol. The maximum atomic E-state index is 6.49. The fourth-order valence-corrected chi connectivity index (χ4v) is 4.54. The Labute approximate surface area is 157 Å². The first-order valence-electron chi connectivity index (χ1n) is 9.25. The van der Waals surface area contributed by atoms with Gasteiger partial charge in [-0.15, -0.1) is 0 Å². The number of anilines is 1. The van der Waals surface area contributed by atoms with Crippen molar-refractivity contribution in [1.82, 2.24) is 0 Å². The summed E-state index contributed by atoms with van der Waals surface area (Å²) in [7, 11) is 0. The standard InChI is InChI=1S/C26H17N/c27-23-15-12-16-4-1-2-7-20(16)26(23)22-14-11-19-9-8-17-5-3-6-18-10-13-21(22)25(19)24(17)18/h1-15H,27H2. The van der Waals surface area contributed by atoms with Crippen LogP contribution in [-0.4, -0.2) is 0 Å². The van der Waals surface area contributed by atoms with Gasteiger partial charge in [-0.2, -0.15) is 0 Å². The van der Waals surface area contributed by atoms with Crippen LogP contribution in [0.4, 0.5) is 5.69 Å². The number of rotatable bonds is 1. The van der Waals surface area contributed by atoms with Crippen LogP contribution in [0, 0.1) is 0 Å². The zero-order valence-corrected chi connectivity index (χ0v) is 14.7. The van der Waals surface area contributed by atoms with Crippen LogP contribution in [0.3, 0.4) is 0 Å². The third-order valence-corrected chi connectivity index (χ3v) is 5.76. The molecule has 2 N–H and O–H groups in total. The van der Waals surface area contributed by atoms with Gasteiger partial charge in [0.05, 0.1) is 0 Å². The Morgan fingerprint density at radius 3 is 1.93 bits per heavy atom. The van der Waals surface area contributed by atoms with E-state index in [1.807, 2.05) is 6.07 Å². The summed E-state index contributed by atoms with van der Waals surface area (Å²) >= 11 is 0. The van der Waals surface area contributed by atoms with Crippen molar-refractivity contribution in [3.8, 4) is 11.1 Å². The Kier molecular flexibility index (Phi) is 2.81. The third kappa shape index (κ3) is 1.94. The van der Waals surface area contributed by atoms with E-state index in [0.29, 0.717) is 0 Å². The molecule has 6 aromatic carbocycles. The Balaban J connectivity index is 1.84. The van der Waals surface area contributed by atoms with Crippen LogP contribution < -0.4 is 5.73 Å². The van der Waals surface area contributed by atoms with Crippen molar-refractivity contribution < 1.29 is 0 Å². The highest BCUT2D eigenvalue weighted by atomic mass is 14.6. The van der Waals surface area contributed by atoms with E-state index in [0.717, 1.165) is 11.3 Å². The minimum Gasteiger partial charge on any atom is -0.398 e. The highest BCUT2D eigenvalue weighted by Crippen LogP contribution is 2.42. The zero-order valence-electron chi connectivity index (χ0n) is 14.7. The topological polar surface area (TPSA) is 26.0 Å². The zero-order chi connectivity index (χ0) is 18.0. The van der Waals surface area contributed by atoms with Gasteiger partial charge >= 0.3 is 0 Å². The van der Waals surface area contributed by atoms with Crippen molar-refractivity contribution in [3.63, 3.8) is 0 Å². The molecule has 126 valence electrons. The molecule has 1 heteroatoms. The van der Waals surface area contributed by atoms with Crippen molar-refractivity contribution in [3.05, 3.63) is 91.0 Å². The number of hydrogen-bond acceptors (Lipinski definition) is 1. The molecule has 0 amide bonds. The second-order valence-corrected chi connectivity index (χ2v) is 7.22. The van der Waals surface area contributed by atoms with Gasteiger partial charge < -0.3 is 5.73 Å². The summed E-state index contributed by atoms with van der Waals surface area (Å²) in [4.78, 5) is 0. The minimum atomic E-state index is 0.823. The van der Waals surface area contributed by atoms with E-state index >= 15 is 0 Å². The van der Waals surface area contributed by atoms with E-state index in [1.165, 1.54) is 48.7 Å². The van der Waals surface area contributed by atoms with E-state index in [1.54, 1.807) is 0 Å². The molecule has 0 spiro atoms. The van der Waals surface area contributed by atoms with E-state index in [2.05, 4.69) is 84.9 Å². The largest absolute Gasteiger partial charge is 0.398 e. The predicted molar refractivity (Wildman–Crippen MR) is 118 cm³/mol. The van der Waals surface area contributed by atoms with Gasteiger partial charge in [0.2, 0.25) is 0 Å². The lowest BCUT2D eigenvalue weighted by Gasteiger charge is -2.16. The molecule has 6 rings (SSSR count). The third-order valence-electron chi connectivity index (χ3n) is 5.76. The molecule has 0 saturated heterocycles. The monoisotopic (exact) mass is 343 g/mol. The van der Waals surface area contributed by atoms with Crippen LogP contribution in [0.15, 0.2) is 91.0 Å². The molecule has 0 aliphatic carbocycles. The highest BCUT2D eigenvalue weighted by Gasteiger charge is 2.15. The fraction of sp³-hybridized carbons (Fsp3) is 0. The van der Waals surface area contributed by atoms with Gasteiger partial charge in [0.1, 0.15) is 0 Å². The summed E-state index contributed by atoms with van der Waals surface area (Å²) in [5, 5.41) is 10.2. The first kappa shape index (κ1) is 14.6.